The molecule has 1 amide bonds. The first kappa shape index (κ1) is 23.2. The van der Waals surface area contributed by atoms with Gasteiger partial charge in [0.25, 0.3) is 0 Å². The molecule has 32 heavy (non-hydrogen) atoms. The van der Waals surface area contributed by atoms with Crippen LogP contribution in [-0.2, 0) is 25.4 Å². The van der Waals surface area contributed by atoms with Crippen LogP contribution in [0.3, 0.4) is 0 Å². The second-order valence-corrected chi connectivity index (χ2v) is 9.11. The van der Waals surface area contributed by atoms with E-state index >= 15 is 0 Å². The number of carbonyl (C=O) groups is 1. The lowest BCUT2D eigenvalue weighted by molar-refractivity contribution is -0.134. The maximum Gasteiger partial charge on any atom is 0.226 e. The molecule has 3 heterocycles. The Kier molecular flexibility index (Phi) is 8.53. The molecule has 4 rings (SSSR count). The quantitative estimate of drug-likeness (QED) is 0.543. The highest BCUT2D eigenvalue weighted by atomic mass is 32.1. The van der Waals surface area contributed by atoms with Gasteiger partial charge in [-0.05, 0) is 29.1 Å². The average Bonchev–Trinajstić information content (AvgIpc) is 3.53. The number of ether oxygens (including phenoxy) is 4. The van der Waals surface area contributed by atoms with E-state index in [1.165, 1.54) is 4.88 Å². The molecule has 7 nitrogen and oxygen atoms in total. The van der Waals surface area contributed by atoms with Crippen LogP contribution in [-0.4, -0.2) is 81.7 Å². The third-order valence-corrected chi connectivity index (χ3v) is 6.73. The Balaban J connectivity index is 1.30. The number of morpholine rings is 1. The van der Waals surface area contributed by atoms with Gasteiger partial charge in [0.15, 0.2) is 6.29 Å². The normalized spacial score (nSPS) is 18.5. The molecule has 0 spiro atoms. The molecule has 1 unspecified atom stereocenters. The summed E-state index contributed by atoms with van der Waals surface area (Å²) < 4.78 is 22.7. The second-order valence-electron chi connectivity index (χ2n) is 8.13. The van der Waals surface area contributed by atoms with E-state index in [4.69, 9.17) is 18.9 Å². The Morgan fingerprint density at radius 3 is 2.59 bits per heavy atom. The predicted octanol–water partition coefficient (Wildman–Crippen LogP) is 2.96. The Hall–Kier alpha value is -1.97. The summed E-state index contributed by atoms with van der Waals surface area (Å²) >= 11 is 1.73. The Bertz CT molecular complexity index is 817. The van der Waals surface area contributed by atoms with E-state index in [0.717, 1.165) is 50.6 Å². The van der Waals surface area contributed by atoms with E-state index in [-0.39, 0.29) is 18.3 Å². The van der Waals surface area contributed by atoms with Gasteiger partial charge >= 0.3 is 0 Å². The van der Waals surface area contributed by atoms with Gasteiger partial charge in [-0.3, -0.25) is 9.69 Å². The number of carbonyl (C=O) groups excluding carboxylic acids is 1. The number of rotatable bonds is 10. The van der Waals surface area contributed by atoms with Crippen LogP contribution in [0.5, 0.6) is 5.75 Å². The second kappa shape index (κ2) is 11.8. The lowest BCUT2D eigenvalue weighted by atomic mass is 10.1. The molecule has 1 aromatic heterocycles. The van der Waals surface area contributed by atoms with E-state index < -0.39 is 0 Å². The first-order valence-corrected chi connectivity index (χ1v) is 12.1. The molecule has 0 radical (unpaired) electrons. The molecular weight excluding hydrogens is 428 g/mol. The van der Waals surface area contributed by atoms with Crippen LogP contribution in [0.25, 0.3) is 0 Å². The standard InChI is InChI=1S/C24H32N2O5S/c1-25(18-24-29-14-15-30-24)23(27)17-19-4-6-20(7-5-19)31-21(22-3-2-16-32-22)8-9-26-10-12-28-13-11-26/h2-7,16,21,24H,8-15,17-18H2,1H3. The number of benzene rings is 1. The van der Waals surface area contributed by atoms with Crippen LogP contribution < -0.4 is 4.74 Å². The topological polar surface area (TPSA) is 60.5 Å². The highest BCUT2D eigenvalue weighted by Gasteiger charge is 2.21. The molecule has 1 aromatic carbocycles. The maximum atomic E-state index is 12.5. The van der Waals surface area contributed by atoms with Crippen molar-refractivity contribution >= 4 is 17.2 Å². The summed E-state index contributed by atoms with van der Waals surface area (Å²) in [5.41, 5.74) is 0.962. The van der Waals surface area contributed by atoms with Gasteiger partial charge in [-0.25, -0.2) is 0 Å². The lowest BCUT2D eigenvalue weighted by Crippen LogP contribution is -2.37. The predicted molar refractivity (Wildman–Crippen MR) is 123 cm³/mol. The third kappa shape index (κ3) is 6.76. The van der Waals surface area contributed by atoms with E-state index in [0.29, 0.717) is 26.2 Å². The van der Waals surface area contributed by atoms with Gasteiger partial charge in [0.2, 0.25) is 5.91 Å². The van der Waals surface area contributed by atoms with E-state index in [1.54, 1.807) is 23.3 Å². The first-order valence-electron chi connectivity index (χ1n) is 11.2. The Morgan fingerprint density at radius 2 is 1.91 bits per heavy atom. The maximum absolute atomic E-state index is 12.5. The van der Waals surface area contributed by atoms with E-state index in [1.807, 2.05) is 24.3 Å². The van der Waals surface area contributed by atoms with Crippen molar-refractivity contribution in [2.24, 2.45) is 0 Å². The lowest BCUT2D eigenvalue weighted by Gasteiger charge is -2.28. The summed E-state index contributed by atoms with van der Waals surface area (Å²) in [7, 11) is 1.78. The summed E-state index contributed by atoms with van der Waals surface area (Å²) in [6.45, 7) is 6.19. The SMILES string of the molecule is CN(CC1OCCO1)C(=O)Cc1ccc(OC(CCN2CCOCC2)c2cccs2)cc1. The summed E-state index contributed by atoms with van der Waals surface area (Å²) in [4.78, 5) is 17.9. The number of likely N-dealkylation sites (N-methyl/N-ethyl adjacent to an activating group) is 1. The Morgan fingerprint density at radius 1 is 1.16 bits per heavy atom. The molecule has 0 saturated carbocycles. The van der Waals surface area contributed by atoms with Crippen molar-refractivity contribution < 1.29 is 23.7 Å². The van der Waals surface area contributed by atoms with Crippen molar-refractivity contribution in [1.29, 1.82) is 0 Å². The zero-order valence-electron chi connectivity index (χ0n) is 18.6. The van der Waals surface area contributed by atoms with E-state index in [2.05, 4.69) is 22.4 Å². The van der Waals surface area contributed by atoms with Gasteiger partial charge in [-0.15, -0.1) is 11.3 Å². The van der Waals surface area contributed by atoms with Gasteiger partial charge in [-0.1, -0.05) is 18.2 Å². The molecule has 2 saturated heterocycles. The zero-order valence-corrected chi connectivity index (χ0v) is 19.4. The first-order chi connectivity index (χ1) is 15.7. The number of nitrogens with zero attached hydrogens (tertiary/aromatic N) is 2. The minimum atomic E-state index is -0.314. The van der Waals surface area contributed by atoms with Gasteiger partial charge in [0.1, 0.15) is 11.9 Å². The van der Waals surface area contributed by atoms with Crippen LogP contribution in [0, 0.1) is 0 Å². The molecule has 8 heteroatoms. The van der Waals surface area contributed by atoms with Crippen molar-refractivity contribution in [1.82, 2.24) is 9.80 Å². The Labute approximate surface area is 193 Å². The van der Waals surface area contributed by atoms with Crippen molar-refractivity contribution in [3.8, 4) is 5.75 Å². The molecule has 0 bridgehead atoms. The fourth-order valence-corrected chi connectivity index (χ4v) is 4.65. The molecular formula is C24H32N2O5S. The number of hydrogen-bond acceptors (Lipinski definition) is 7. The molecule has 2 aliphatic heterocycles. The fraction of sp³-hybridized carbons (Fsp3) is 0.542. The number of amides is 1. The summed E-state index contributed by atoms with van der Waals surface area (Å²) in [6, 6.07) is 12.1. The highest BCUT2D eigenvalue weighted by Crippen LogP contribution is 2.29. The summed E-state index contributed by atoms with van der Waals surface area (Å²) in [5, 5.41) is 2.09. The van der Waals surface area contributed by atoms with Crippen LogP contribution in [0.1, 0.15) is 23.0 Å². The molecule has 2 fully saturated rings. The third-order valence-electron chi connectivity index (χ3n) is 5.77. The van der Waals surface area contributed by atoms with Crippen molar-refractivity contribution in [2.45, 2.75) is 25.2 Å². The van der Waals surface area contributed by atoms with Crippen LogP contribution in [0.4, 0.5) is 0 Å². The van der Waals surface area contributed by atoms with Gasteiger partial charge in [0, 0.05) is 38.0 Å². The molecule has 0 aliphatic carbocycles. The average molecular weight is 461 g/mol. The van der Waals surface area contributed by atoms with Crippen molar-refractivity contribution in [3.63, 3.8) is 0 Å². The summed E-state index contributed by atoms with van der Waals surface area (Å²) in [5.74, 6) is 0.863. The van der Waals surface area contributed by atoms with Crippen LogP contribution in [0.2, 0.25) is 0 Å². The molecule has 174 valence electrons. The minimum absolute atomic E-state index is 0.0165. The molecule has 1 atom stereocenters. The minimum Gasteiger partial charge on any atom is -0.485 e. The van der Waals surface area contributed by atoms with Gasteiger partial charge < -0.3 is 23.8 Å². The highest BCUT2D eigenvalue weighted by molar-refractivity contribution is 7.10. The van der Waals surface area contributed by atoms with Crippen molar-refractivity contribution in [3.05, 3.63) is 52.2 Å². The fourth-order valence-electron chi connectivity index (χ4n) is 3.86. The van der Waals surface area contributed by atoms with Gasteiger partial charge in [0.05, 0.1) is 39.4 Å². The largest absolute Gasteiger partial charge is 0.485 e. The van der Waals surface area contributed by atoms with E-state index in [9.17, 15) is 4.79 Å². The zero-order chi connectivity index (χ0) is 22.2. The molecule has 0 N–H and O–H groups in total. The van der Waals surface area contributed by atoms with Crippen molar-refractivity contribution in [2.75, 3.05) is 59.7 Å². The molecule has 2 aromatic rings. The molecule has 2 aliphatic rings. The monoisotopic (exact) mass is 460 g/mol. The number of thiophene rings is 1. The smallest absolute Gasteiger partial charge is 0.226 e. The summed E-state index contributed by atoms with van der Waals surface area (Å²) in [6.07, 6.45) is 0.973. The van der Waals surface area contributed by atoms with Crippen LogP contribution in [0.15, 0.2) is 41.8 Å². The number of hydrogen-bond donors (Lipinski definition) is 0. The van der Waals surface area contributed by atoms with Gasteiger partial charge in [-0.2, -0.15) is 0 Å². The van der Waals surface area contributed by atoms with Crippen LogP contribution >= 0.6 is 11.3 Å².